The van der Waals surface area contributed by atoms with Gasteiger partial charge in [0, 0.05) is 25.1 Å². The molecular formula is C10H15ClN2OS. The summed E-state index contributed by atoms with van der Waals surface area (Å²) in [5.41, 5.74) is 0. The molecular weight excluding hydrogens is 232 g/mol. The molecule has 2 heterocycles. The number of aromatic nitrogens is 1. The van der Waals surface area contributed by atoms with E-state index in [2.05, 4.69) is 10.3 Å². The van der Waals surface area contributed by atoms with Crippen molar-refractivity contribution in [2.45, 2.75) is 19.3 Å². The third-order valence-electron chi connectivity index (χ3n) is 2.65. The van der Waals surface area contributed by atoms with Gasteiger partial charge < -0.3 is 10.1 Å². The Bertz CT molecular complexity index is 299. The Kier molecular flexibility index (Phi) is 4.23. The van der Waals surface area contributed by atoms with E-state index in [4.69, 9.17) is 16.3 Å². The molecule has 1 fully saturated rings. The van der Waals surface area contributed by atoms with Crippen LogP contribution in [0.4, 0.5) is 5.13 Å². The maximum atomic E-state index is 5.73. The first kappa shape index (κ1) is 11.2. The minimum Gasteiger partial charge on any atom is -0.381 e. The van der Waals surface area contributed by atoms with Crippen molar-refractivity contribution in [1.82, 2.24) is 4.98 Å². The standard InChI is InChI=1S/C10H15ClN2OS/c11-9-7-15-10(13-9)12-4-1-8-2-5-14-6-3-8/h7-8H,1-6H2,(H,12,13). The summed E-state index contributed by atoms with van der Waals surface area (Å²) >= 11 is 7.29. The van der Waals surface area contributed by atoms with Crippen molar-refractivity contribution in [3.63, 3.8) is 0 Å². The monoisotopic (exact) mass is 246 g/mol. The van der Waals surface area contributed by atoms with Crippen molar-refractivity contribution in [1.29, 1.82) is 0 Å². The molecule has 1 aliphatic heterocycles. The zero-order chi connectivity index (χ0) is 10.5. The molecule has 1 aromatic rings. The van der Waals surface area contributed by atoms with E-state index >= 15 is 0 Å². The molecule has 1 saturated heterocycles. The Morgan fingerprint density at radius 1 is 1.53 bits per heavy atom. The summed E-state index contributed by atoms with van der Waals surface area (Å²) in [6.45, 7) is 2.83. The van der Waals surface area contributed by atoms with Crippen LogP contribution in [0.5, 0.6) is 0 Å². The Balaban J connectivity index is 1.65. The number of ether oxygens (including phenoxy) is 1. The van der Waals surface area contributed by atoms with Gasteiger partial charge in [0.1, 0.15) is 5.15 Å². The third-order valence-corrected chi connectivity index (χ3v) is 3.77. The fourth-order valence-corrected chi connectivity index (χ4v) is 2.62. The average Bonchev–Trinajstić information content (AvgIpc) is 2.66. The number of hydrogen-bond acceptors (Lipinski definition) is 4. The number of hydrogen-bond donors (Lipinski definition) is 1. The molecule has 1 aliphatic rings. The third kappa shape index (κ3) is 3.63. The van der Waals surface area contributed by atoms with Gasteiger partial charge in [0.15, 0.2) is 5.13 Å². The summed E-state index contributed by atoms with van der Waals surface area (Å²) in [6.07, 6.45) is 3.58. The van der Waals surface area contributed by atoms with Crippen LogP contribution in [-0.4, -0.2) is 24.7 Å². The van der Waals surface area contributed by atoms with Gasteiger partial charge in [-0.15, -0.1) is 11.3 Å². The van der Waals surface area contributed by atoms with Crippen LogP contribution in [0.15, 0.2) is 5.38 Å². The quantitative estimate of drug-likeness (QED) is 0.887. The molecule has 0 amide bonds. The van der Waals surface area contributed by atoms with Crippen LogP contribution in [0.1, 0.15) is 19.3 Å². The first-order chi connectivity index (χ1) is 7.34. The Hall–Kier alpha value is -0.320. The number of halogens is 1. The van der Waals surface area contributed by atoms with Crippen molar-refractivity contribution < 1.29 is 4.74 Å². The molecule has 0 unspecified atom stereocenters. The second-order valence-electron chi connectivity index (χ2n) is 3.75. The Labute approximate surface area is 98.8 Å². The van der Waals surface area contributed by atoms with Crippen LogP contribution in [0.2, 0.25) is 5.15 Å². The topological polar surface area (TPSA) is 34.1 Å². The highest BCUT2D eigenvalue weighted by Gasteiger charge is 2.13. The van der Waals surface area contributed by atoms with Crippen molar-refractivity contribution in [3.05, 3.63) is 10.5 Å². The summed E-state index contributed by atoms with van der Waals surface area (Å²) < 4.78 is 5.32. The molecule has 0 bridgehead atoms. The summed E-state index contributed by atoms with van der Waals surface area (Å²) in [7, 11) is 0. The number of nitrogens with zero attached hydrogens (tertiary/aromatic N) is 1. The van der Waals surface area contributed by atoms with Crippen LogP contribution < -0.4 is 5.32 Å². The lowest BCUT2D eigenvalue weighted by molar-refractivity contribution is 0.0649. The fraction of sp³-hybridized carbons (Fsp3) is 0.700. The lowest BCUT2D eigenvalue weighted by atomic mass is 9.97. The normalized spacial score (nSPS) is 17.9. The molecule has 0 aliphatic carbocycles. The SMILES string of the molecule is Clc1csc(NCCC2CCOCC2)n1. The van der Waals surface area contributed by atoms with Crippen molar-refractivity contribution in [3.8, 4) is 0 Å². The fourth-order valence-electron chi connectivity index (χ4n) is 1.75. The highest BCUT2D eigenvalue weighted by atomic mass is 35.5. The largest absolute Gasteiger partial charge is 0.381 e. The summed E-state index contributed by atoms with van der Waals surface area (Å²) in [6, 6.07) is 0. The van der Waals surface area contributed by atoms with E-state index in [1.807, 2.05) is 5.38 Å². The zero-order valence-corrected chi connectivity index (χ0v) is 10.1. The first-order valence-corrected chi connectivity index (χ1v) is 6.53. The summed E-state index contributed by atoms with van der Waals surface area (Å²) in [4.78, 5) is 4.14. The molecule has 15 heavy (non-hydrogen) atoms. The molecule has 0 radical (unpaired) electrons. The second kappa shape index (κ2) is 5.68. The van der Waals surface area contributed by atoms with Gasteiger partial charge in [-0.25, -0.2) is 4.98 Å². The molecule has 0 atom stereocenters. The van der Waals surface area contributed by atoms with Crippen LogP contribution in [0.3, 0.4) is 0 Å². The van der Waals surface area contributed by atoms with E-state index in [1.165, 1.54) is 19.3 Å². The van der Waals surface area contributed by atoms with E-state index in [9.17, 15) is 0 Å². The van der Waals surface area contributed by atoms with Crippen LogP contribution in [0, 0.1) is 5.92 Å². The first-order valence-electron chi connectivity index (χ1n) is 5.27. The van der Waals surface area contributed by atoms with E-state index in [-0.39, 0.29) is 0 Å². The zero-order valence-electron chi connectivity index (χ0n) is 8.54. The molecule has 1 N–H and O–H groups in total. The average molecular weight is 247 g/mol. The van der Waals surface area contributed by atoms with Gasteiger partial charge in [-0.05, 0) is 25.2 Å². The summed E-state index contributed by atoms with van der Waals surface area (Å²) in [5.74, 6) is 0.807. The van der Waals surface area contributed by atoms with Gasteiger partial charge in [-0.2, -0.15) is 0 Å². The number of thiazole rings is 1. The Morgan fingerprint density at radius 2 is 2.33 bits per heavy atom. The molecule has 1 aromatic heterocycles. The van der Waals surface area contributed by atoms with Gasteiger partial charge >= 0.3 is 0 Å². The van der Waals surface area contributed by atoms with E-state index in [0.717, 1.165) is 30.8 Å². The van der Waals surface area contributed by atoms with Crippen LogP contribution in [-0.2, 0) is 4.74 Å². The molecule has 3 nitrogen and oxygen atoms in total. The molecule has 0 aromatic carbocycles. The molecule has 84 valence electrons. The van der Waals surface area contributed by atoms with E-state index < -0.39 is 0 Å². The van der Waals surface area contributed by atoms with Crippen LogP contribution >= 0.6 is 22.9 Å². The number of anilines is 1. The van der Waals surface area contributed by atoms with Crippen LogP contribution in [0.25, 0.3) is 0 Å². The van der Waals surface area contributed by atoms with Gasteiger partial charge in [-0.1, -0.05) is 11.6 Å². The predicted molar refractivity (Wildman–Crippen MR) is 63.8 cm³/mol. The van der Waals surface area contributed by atoms with Crippen molar-refractivity contribution in [2.24, 2.45) is 5.92 Å². The highest BCUT2D eigenvalue weighted by molar-refractivity contribution is 7.14. The molecule has 0 spiro atoms. The van der Waals surface area contributed by atoms with Gasteiger partial charge in [0.05, 0.1) is 0 Å². The second-order valence-corrected chi connectivity index (χ2v) is 4.99. The van der Waals surface area contributed by atoms with Gasteiger partial charge in [0.2, 0.25) is 0 Å². The van der Waals surface area contributed by atoms with E-state index in [0.29, 0.717) is 5.15 Å². The molecule has 2 rings (SSSR count). The minimum absolute atomic E-state index is 0.577. The maximum Gasteiger partial charge on any atom is 0.184 e. The smallest absolute Gasteiger partial charge is 0.184 e. The summed E-state index contributed by atoms with van der Waals surface area (Å²) in [5, 5.41) is 6.64. The van der Waals surface area contributed by atoms with E-state index in [1.54, 1.807) is 11.3 Å². The number of nitrogens with one attached hydrogen (secondary N) is 1. The van der Waals surface area contributed by atoms with Gasteiger partial charge in [-0.3, -0.25) is 0 Å². The van der Waals surface area contributed by atoms with Gasteiger partial charge in [0.25, 0.3) is 0 Å². The maximum absolute atomic E-state index is 5.73. The molecule has 0 saturated carbocycles. The van der Waals surface area contributed by atoms with Crippen molar-refractivity contribution in [2.75, 3.05) is 25.1 Å². The number of rotatable bonds is 4. The van der Waals surface area contributed by atoms with Crippen molar-refractivity contribution >= 4 is 28.1 Å². The minimum atomic E-state index is 0.577. The predicted octanol–water partition coefficient (Wildman–Crippen LogP) is 3.03. The molecule has 5 heteroatoms. The highest BCUT2D eigenvalue weighted by Crippen LogP contribution is 2.21. The lowest BCUT2D eigenvalue weighted by Gasteiger charge is -2.21. The Morgan fingerprint density at radius 3 is 3.00 bits per heavy atom. The lowest BCUT2D eigenvalue weighted by Crippen LogP contribution is -2.18.